The van der Waals surface area contributed by atoms with Crippen molar-refractivity contribution >= 4 is 5.78 Å². The fraction of sp³-hybridized carbons (Fsp3) is 0.400. The number of hydrogen-bond donors (Lipinski definition) is 0. The molecule has 2 rings (SSSR count). The molecule has 12 heavy (non-hydrogen) atoms. The highest BCUT2D eigenvalue weighted by molar-refractivity contribution is 5.99. The molecule has 62 valence electrons. The Balaban J connectivity index is 2.02. The predicted octanol–water partition coefficient (Wildman–Crippen LogP) is 1.46. The van der Waals surface area contributed by atoms with Crippen molar-refractivity contribution in [2.75, 3.05) is 0 Å². The quantitative estimate of drug-likeness (QED) is 0.657. The van der Waals surface area contributed by atoms with Gasteiger partial charge in [0.25, 0.3) is 0 Å². The molecule has 0 amide bonds. The molecular weight excluding hydrogens is 150 g/mol. The first-order chi connectivity index (χ1) is 5.79. The van der Waals surface area contributed by atoms with Gasteiger partial charge in [-0.05, 0) is 24.1 Å². The van der Waals surface area contributed by atoms with Crippen LogP contribution in [0, 0.1) is 11.8 Å². The molecule has 1 heterocycles. The highest BCUT2D eigenvalue weighted by atomic mass is 16.1. The van der Waals surface area contributed by atoms with Gasteiger partial charge in [-0.15, -0.1) is 0 Å². The van der Waals surface area contributed by atoms with Gasteiger partial charge in [0.1, 0.15) is 5.78 Å². The normalized spacial score (nSPS) is 27.2. The predicted molar refractivity (Wildman–Crippen MR) is 45.6 cm³/mol. The number of carbonyl (C=O) groups excluding carboxylic acids is 1. The third kappa shape index (κ3) is 1.24. The number of Topliss-reactive ketones (excluding diaryl/α,β-unsaturated/α-hetero) is 1. The van der Waals surface area contributed by atoms with Crippen LogP contribution < -0.4 is 0 Å². The molecule has 0 spiro atoms. The Morgan fingerprint density at radius 1 is 1.42 bits per heavy atom. The summed E-state index contributed by atoms with van der Waals surface area (Å²) in [5.41, 5.74) is 1.22. The molecule has 0 radical (unpaired) electrons. The maximum absolute atomic E-state index is 11.0. The summed E-state index contributed by atoms with van der Waals surface area (Å²) in [6.45, 7) is 1.99. The highest BCUT2D eigenvalue weighted by Gasteiger charge is 2.44. The SMILES string of the molecule is CC1C(=O)C1Cc1ccncc1. The van der Waals surface area contributed by atoms with Crippen LogP contribution in [0.1, 0.15) is 12.5 Å². The first-order valence-electron chi connectivity index (χ1n) is 4.21. The van der Waals surface area contributed by atoms with Crippen LogP contribution in [0.5, 0.6) is 0 Å². The van der Waals surface area contributed by atoms with Gasteiger partial charge in [0.2, 0.25) is 0 Å². The van der Waals surface area contributed by atoms with Gasteiger partial charge in [0.05, 0.1) is 0 Å². The monoisotopic (exact) mass is 161 g/mol. The summed E-state index contributed by atoms with van der Waals surface area (Å²) in [6.07, 6.45) is 4.43. The fourth-order valence-corrected chi connectivity index (χ4v) is 1.48. The average Bonchev–Trinajstić information content (AvgIpc) is 2.65. The molecule has 1 aliphatic carbocycles. The van der Waals surface area contributed by atoms with Crippen molar-refractivity contribution in [2.45, 2.75) is 13.3 Å². The first-order valence-corrected chi connectivity index (χ1v) is 4.21. The zero-order chi connectivity index (χ0) is 8.55. The van der Waals surface area contributed by atoms with Gasteiger partial charge >= 0.3 is 0 Å². The molecule has 0 aliphatic heterocycles. The van der Waals surface area contributed by atoms with E-state index in [2.05, 4.69) is 4.98 Å². The van der Waals surface area contributed by atoms with Crippen LogP contribution in [-0.4, -0.2) is 10.8 Å². The topological polar surface area (TPSA) is 30.0 Å². The molecule has 2 atom stereocenters. The summed E-state index contributed by atoms with van der Waals surface area (Å²) >= 11 is 0. The van der Waals surface area contributed by atoms with E-state index in [4.69, 9.17) is 0 Å². The molecule has 1 aromatic rings. The van der Waals surface area contributed by atoms with Crippen molar-refractivity contribution < 1.29 is 4.79 Å². The van der Waals surface area contributed by atoms with E-state index >= 15 is 0 Å². The van der Waals surface area contributed by atoms with E-state index in [1.54, 1.807) is 12.4 Å². The Bertz CT molecular complexity index is 294. The fourth-order valence-electron chi connectivity index (χ4n) is 1.48. The van der Waals surface area contributed by atoms with Crippen molar-refractivity contribution in [3.63, 3.8) is 0 Å². The zero-order valence-electron chi connectivity index (χ0n) is 7.03. The lowest BCUT2D eigenvalue weighted by Crippen LogP contribution is -1.89. The number of ketones is 1. The zero-order valence-corrected chi connectivity index (χ0v) is 7.03. The second kappa shape index (κ2) is 2.70. The first kappa shape index (κ1) is 7.47. The molecule has 2 unspecified atom stereocenters. The van der Waals surface area contributed by atoms with Crippen LogP contribution in [0.2, 0.25) is 0 Å². The smallest absolute Gasteiger partial charge is 0.140 e. The summed E-state index contributed by atoms with van der Waals surface area (Å²) in [4.78, 5) is 14.9. The lowest BCUT2D eigenvalue weighted by atomic mass is 10.1. The standard InChI is InChI=1S/C10H11NO/c1-7-9(10(7)12)6-8-2-4-11-5-3-8/h2-5,7,9H,6H2,1H3. The molecule has 1 aliphatic rings. The number of hydrogen-bond acceptors (Lipinski definition) is 2. The molecule has 0 saturated heterocycles. The van der Waals surface area contributed by atoms with E-state index in [9.17, 15) is 4.79 Å². The minimum Gasteiger partial charge on any atom is -0.299 e. The number of nitrogens with zero attached hydrogens (tertiary/aromatic N) is 1. The van der Waals surface area contributed by atoms with Crippen molar-refractivity contribution in [2.24, 2.45) is 11.8 Å². The third-order valence-electron chi connectivity index (χ3n) is 2.51. The third-order valence-corrected chi connectivity index (χ3v) is 2.51. The lowest BCUT2D eigenvalue weighted by molar-refractivity contribution is -0.111. The average molecular weight is 161 g/mol. The second-order valence-electron chi connectivity index (χ2n) is 3.36. The van der Waals surface area contributed by atoms with Crippen molar-refractivity contribution in [3.8, 4) is 0 Å². The molecular formula is C10H11NO. The Labute approximate surface area is 71.6 Å². The van der Waals surface area contributed by atoms with Crippen LogP contribution >= 0.6 is 0 Å². The number of aromatic nitrogens is 1. The van der Waals surface area contributed by atoms with Gasteiger partial charge in [-0.25, -0.2) is 0 Å². The van der Waals surface area contributed by atoms with Crippen LogP contribution in [0.15, 0.2) is 24.5 Å². The van der Waals surface area contributed by atoms with Gasteiger partial charge in [0.15, 0.2) is 0 Å². The lowest BCUT2D eigenvalue weighted by Gasteiger charge is -1.95. The van der Waals surface area contributed by atoms with Crippen LogP contribution in [0.25, 0.3) is 0 Å². The van der Waals surface area contributed by atoms with E-state index in [0.29, 0.717) is 5.78 Å². The number of rotatable bonds is 2. The van der Waals surface area contributed by atoms with E-state index in [1.807, 2.05) is 19.1 Å². The number of carbonyl (C=O) groups is 1. The van der Waals surface area contributed by atoms with E-state index < -0.39 is 0 Å². The van der Waals surface area contributed by atoms with Crippen LogP contribution in [0.3, 0.4) is 0 Å². The van der Waals surface area contributed by atoms with Crippen molar-refractivity contribution in [1.29, 1.82) is 0 Å². The van der Waals surface area contributed by atoms with E-state index in [1.165, 1.54) is 5.56 Å². The molecule has 2 nitrogen and oxygen atoms in total. The molecule has 1 saturated carbocycles. The van der Waals surface area contributed by atoms with Gasteiger partial charge in [0, 0.05) is 24.2 Å². The van der Waals surface area contributed by atoms with Gasteiger partial charge < -0.3 is 0 Å². The molecule has 2 heteroatoms. The minimum absolute atomic E-state index is 0.285. The largest absolute Gasteiger partial charge is 0.299 e. The van der Waals surface area contributed by atoms with Gasteiger partial charge in [-0.3, -0.25) is 9.78 Å². The Morgan fingerprint density at radius 2 is 2.00 bits per heavy atom. The van der Waals surface area contributed by atoms with Crippen LogP contribution in [-0.2, 0) is 11.2 Å². The molecule has 1 fully saturated rings. The van der Waals surface area contributed by atoms with Crippen molar-refractivity contribution in [1.82, 2.24) is 4.98 Å². The van der Waals surface area contributed by atoms with Crippen molar-refractivity contribution in [3.05, 3.63) is 30.1 Å². The van der Waals surface area contributed by atoms with E-state index in [0.717, 1.165) is 6.42 Å². The van der Waals surface area contributed by atoms with Gasteiger partial charge in [-0.2, -0.15) is 0 Å². The summed E-state index contributed by atoms with van der Waals surface area (Å²) in [5.74, 6) is 0.984. The summed E-state index contributed by atoms with van der Waals surface area (Å²) in [5, 5.41) is 0. The molecule has 0 aromatic carbocycles. The number of pyridine rings is 1. The molecule has 0 bridgehead atoms. The molecule has 0 N–H and O–H groups in total. The summed E-state index contributed by atoms with van der Waals surface area (Å²) < 4.78 is 0. The van der Waals surface area contributed by atoms with Crippen LogP contribution in [0.4, 0.5) is 0 Å². The second-order valence-corrected chi connectivity index (χ2v) is 3.36. The minimum atomic E-state index is 0.285. The summed E-state index contributed by atoms with van der Waals surface area (Å²) in [7, 11) is 0. The highest BCUT2D eigenvalue weighted by Crippen LogP contribution is 2.35. The Morgan fingerprint density at radius 3 is 2.50 bits per heavy atom. The van der Waals surface area contributed by atoms with E-state index in [-0.39, 0.29) is 11.8 Å². The molecule has 1 aromatic heterocycles. The summed E-state index contributed by atoms with van der Waals surface area (Å²) in [6, 6.07) is 3.94. The maximum atomic E-state index is 11.0. The Kier molecular flexibility index (Phi) is 1.68. The van der Waals surface area contributed by atoms with Gasteiger partial charge in [-0.1, -0.05) is 6.92 Å². The maximum Gasteiger partial charge on any atom is 0.140 e. The Hall–Kier alpha value is -1.18.